The minimum Gasteiger partial charge on any atom is -0.476 e. The largest absolute Gasteiger partial charge is 0.476 e. The minimum absolute atomic E-state index is 0.000318. The maximum Gasteiger partial charge on any atom is 0.266 e. The first kappa shape index (κ1) is 24.3. The van der Waals surface area contributed by atoms with Crippen LogP contribution in [0.5, 0.6) is 5.88 Å². The lowest BCUT2D eigenvalue weighted by Gasteiger charge is -2.31. The number of carbonyl (C=O) groups is 2. The van der Waals surface area contributed by atoms with Crippen molar-refractivity contribution in [1.29, 1.82) is 0 Å². The van der Waals surface area contributed by atoms with Gasteiger partial charge in [0.2, 0.25) is 11.8 Å². The van der Waals surface area contributed by atoms with Crippen LogP contribution in [0.25, 0.3) is 10.6 Å². The Bertz CT molecular complexity index is 1210. The van der Waals surface area contributed by atoms with Crippen LogP contribution >= 0.6 is 11.3 Å². The lowest BCUT2D eigenvalue weighted by Crippen LogP contribution is -2.35. The van der Waals surface area contributed by atoms with Crippen LogP contribution in [0.3, 0.4) is 0 Å². The fourth-order valence-corrected chi connectivity index (χ4v) is 5.20. The van der Waals surface area contributed by atoms with E-state index in [0.29, 0.717) is 34.1 Å². The van der Waals surface area contributed by atoms with Crippen molar-refractivity contribution < 1.29 is 14.3 Å². The summed E-state index contributed by atoms with van der Waals surface area (Å²) in [6.07, 6.45) is 9.27. The van der Waals surface area contributed by atoms with Crippen LogP contribution in [0.15, 0.2) is 42.9 Å². The van der Waals surface area contributed by atoms with Gasteiger partial charge in [0.05, 0.1) is 6.61 Å². The van der Waals surface area contributed by atoms with Gasteiger partial charge in [-0.05, 0) is 68.5 Å². The number of likely N-dealkylation sites (tertiary alicyclic amines) is 1. The summed E-state index contributed by atoms with van der Waals surface area (Å²) in [5.74, 6) is 1.12. The van der Waals surface area contributed by atoms with Crippen molar-refractivity contribution in [1.82, 2.24) is 25.2 Å². The Morgan fingerprint density at radius 2 is 2.00 bits per heavy atom. The van der Waals surface area contributed by atoms with Gasteiger partial charge in [-0.15, -0.1) is 11.3 Å². The lowest BCUT2D eigenvalue weighted by atomic mass is 9.97. The lowest BCUT2D eigenvalue weighted by molar-refractivity contribution is -0.117. The Morgan fingerprint density at radius 1 is 1.17 bits per heavy atom. The number of anilines is 1. The molecule has 0 radical (unpaired) electrons. The van der Waals surface area contributed by atoms with E-state index in [4.69, 9.17) is 4.74 Å². The molecule has 188 valence electrons. The van der Waals surface area contributed by atoms with Crippen LogP contribution in [0.1, 0.15) is 40.9 Å². The Hall–Kier alpha value is -3.37. The summed E-state index contributed by atoms with van der Waals surface area (Å²) in [6, 6.07) is 7.68. The molecule has 1 aliphatic heterocycles. The normalized spacial score (nSPS) is 16.5. The minimum atomic E-state index is -0.226. The summed E-state index contributed by atoms with van der Waals surface area (Å²) in [6.45, 7) is 3.43. The van der Waals surface area contributed by atoms with Gasteiger partial charge >= 0.3 is 0 Å². The number of amides is 2. The molecule has 3 aromatic heterocycles. The van der Waals surface area contributed by atoms with Crippen LogP contribution in [0.2, 0.25) is 0 Å². The molecule has 1 saturated heterocycles. The molecule has 10 heteroatoms. The number of hydrogen-bond donors (Lipinski definition) is 2. The van der Waals surface area contributed by atoms with Gasteiger partial charge in [0.15, 0.2) is 4.88 Å². The average Bonchev–Trinajstić information content (AvgIpc) is 3.68. The highest BCUT2D eigenvalue weighted by atomic mass is 32.1. The molecule has 9 nitrogen and oxygen atoms in total. The van der Waals surface area contributed by atoms with Crippen LogP contribution in [0, 0.1) is 11.8 Å². The first-order valence-electron chi connectivity index (χ1n) is 12.3. The van der Waals surface area contributed by atoms with Gasteiger partial charge < -0.3 is 15.4 Å². The number of hydrogen-bond acceptors (Lipinski definition) is 8. The molecule has 1 saturated carbocycles. The van der Waals surface area contributed by atoms with E-state index in [-0.39, 0.29) is 17.7 Å². The molecule has 2 amide bonds. The summed E-state index contributed by atoms with van der Waals surface area (Å²) in [5.41, 5.74) is 2.01. The van der Waals surface area contributed by atoms with Gasteiger partial charge in [-0.2, -0.15) is 0 Å². The van der Waals surface area contributed by atoms with Crippen molar-refractivity contribution in [3.05, 3.63) is 53.3 Å². The number of ether oxygens (including phenoxy) is 1. The fraction of sp³-hybridized carbons (Fsp3) is 0.423. The van der Waals surface area contributed by atoms with Crippen molar-refractivity contribution >= 4 is 29.0 Å². The highest BCUT2D eigenvalue weighted by molar-refractivity contribution is 7.17. The van der Waals surface area contributed by atoms with Gasteiger partial charge in [0, 0.05) is 43.7 Å². The van der Waals surface area contributed by atoms with Crippen LogP contribution in [-0.2, 0) is 11.3 Å². The molecule has 36 heavy (non-hydrogen) atoms. The van der Waals surface area contributed by atoms with E-state index in [2.05, 4.69) is 36.6 Å². The third-order valence-corrected chi connectivity index (χ3v) is 7.61. The van der Waals surface area contributed by atoms with Gasteiger partial charge in [0.25, 0.3) is 5.91 Å². The first-order valence-corrected chi connectivity index (χ1v) is 13.1. The summed E-state index contributed by atoms with van der Waals surface area (Å²) < 4.78 is 6.11. The molecular formula is C26H30N6O3S. The second-order valence-corrected chi connectivity index (χ2v) is 10.3. The summed E-state index contributed by atoms with van der Waals surface area (Å²) in [4.78, 5) is 40.6. The number of carbonyl (C=O) groups excluding carboxylic acids is 2. The fourth-order valence-electron chi connectivity index (χ4n) is 4.25. The third-order valence-electron chi connectivity index (χ3n) is 6.53. The van der Waals surface area contributed by atoms with Gasteiger partial charge in [-0.3, -0.25) is 19.5 Å². The maximum absolute atomic E-state index is 12.5. The van der Waals surface area contributed by atoms with E-state index < -0.39 is 0 Å². The molecular weight excluding hydrogens is 476 g/mol. The predicted octanol–water partition coefficient (Wildman–Crippen LogP) is 3.60. The zero-order valence-corrected chi connectivity index (χ0v) is 21.1. The Morgan fingerprint density at radius 3 is 2.72 bits per heavy atom. The molecule has 2 N–H and O–H groups in total. The van der Waals surface area contributed by atoms with Crippen molar-refractivity contribution in [2.75, 3.05) is 32.1 Å². The van der Waals surface area contributed by atoms with E-state index in [1.54, 1.807) is 25.5 Å². The zero-order chi connectivity index (χ0) is 24.9. The topological polar surface area (TPSA) is 109 Å². The van der Waals surface area contributed by atoms with E-state index >= 15 is 0 Å². The summed E-state index contributed by atoms with van der Waals surface area (Å²) in [7, 11) is 1.60. The van der Waals surface area contributed by atoms with Crippen molar-refractivity contribution in [2.45, 2.75) is 32.2 Å². The number of aromatic nitrogens is 3. The molecule has 0 aromatic carbocycles. The van der Waals surface area contributed by atoms with Crippen LogP contribution in [-0.4, -0.2) is 58.4 Å². The Kier molecular flexibility index (Phi) is 7.52. The summed E-state index contributed by atoms with van der Waals surface area (Å²) in [5, 5.41) is 6.20. The second-order valence-electron chi connectivity index (χ2n) is 9.32. The SMILES string of the molecule is CNC(=O)c1sc(-c2ccnc(NC(=O)C3CC3)c2)nc1OCC1CCN(Cc2cccnc2)CC1. The molecule has 3 aromatic rings. The number of nitrogens with zero attached hydrogens (tertiary/aromatic N) is 4. The standard InChI is InChI=1S/C26H30N6O3S/c1-27-24(34)22-25(35-16-17-7-11-32(12-8-17)15-18-3-2-9-28-14-18)31-26(36-22)20-6-10-29-21(13-20)30-23(33)19-4-5-19/h2-3,6,9-10,13-14,17,19H,4-5,7-8,11-12,15-16H2,1H3,(H,27,34)(H,29,30,33). The van der Waals surface area contributed by atoms with Crippen molar-refractivity contribution in [3.8, 4) is 16.5 Å². The second kappa shape index (κ2) is 11.1. The number of pyridine rings is 2. The molecule has 5 rings (SSSR count). The third kappa shape index (κ3) is 6.06. The quantitative estimate of drug-likeness (QED) is 0.456. The highest BCUT2D eigenvalue weighted by Crippen LogP contribution is 2.34. The Labute approximate surface area is 214 Å². The molecule has 2 fully saturated rings. The number of piperidine rings is 1. The number of rotatable bonds is 9. The van der Waals surface area contributed by atoms with Gasteiger partial charge in [-0.25, -0.2) is 9.97 Å². The molecule has 1 aliphatic carbocycles. The maximum atomic E-state index is 12.5. The number of nitrogens with one attached hydrogen (secondary N) is 2. The molecule has 0 spiro atoms. The molecule has 0 unspecified atom stereocenters. The highest BCUT2D eigenvalue weighted by Gasteiger charge is 2.30. The molecule has 0 atom stereocenters. The van der Waals surface area contributed by atoms with E-state index in [0.717, 1.165) is 50.9 Å². The monoisotopic (exact) mass is 506 g/mol. The van der Waals surface area contributed by atoms with Gasteiger partial charge in [-0.1, -0.05) is 6.07 Å². The number of thiazole rings is 1. The van der Waals surface area contributed by atoms with E-state index in [1.165, 1.54) is 16.9 Å². The molecule has 2 aliphatic rings. The van der Waals surface area contributed by atoms with Gasteiger partial charge in [0.1, 0.15) is 10.8 Å². The smallest absolute Gasteiger partial charge is 0.266 e. The summed E-state index contributed by atoms with van der Waals surface area (Å²) >= 11 is 1.28. The van der Waals surface area contributed by atoms with Crippen LogP contribution < -0.4 is 15.4 Å². The molecule has 4 heterocycles. The van der Waals surface area contributed by atoms with Crippen LogP contribution in [0.4, 0.5) is 5.82 Å². The van der Waals surface area contributed by atoms with E-state index in [9.17, 15) is 9.59 Å². The van der Waals surface area contributed by atoms with Crippen molar-refractivity contribution in [3.63, 3.8) is 0 Å². The van der Waals surface area contributed by atoms with Crippen molar-refractivity contribution in [2.24, 2.45) is 11.8 Å². The zero-order valence-electron chi connectivity index (χ0n) is 20.3. The Balaban J connectivity index is 1.22. The average molecular weight is 507 g/mol. The first-order chi connectivity index (χ1) is 17.6. The molecule has 0 bridgehead atoms. The predicted molar refractivity (Wildman–Crippen MR) is 138 cm³/mol. The van der Waals surface area contributed by atoms with E-state index in [1.807, 2.05) is 18.3 Å².